The van der Waals surface area contributed by atoms with E-state index in [2.05, 4.69) is 26.7 Å². The molecule has 0 unspecified atom stereocenters. The minimum absolute atomic E-state index is 0.462. The molecule has 0 spiro atoms. The normalized spacial score (nSPS) is 10.0. The Labute approximate surface area is 164 Å². The smallest absolute Gasteiger partial charge is 0.224 e. The molecule has 142 valence electrons. The van der Waals surface area contributed by atoms with Crippen molar-refractivity contribution in [3.8, 4) is 17.6 Å². The fraction of sp³-hybridized carbons (Fsp3) is 0.190. The maximum absolute atomic E-state index is 9.22. The maximum atomic E-state index is 9.22. The average molecular weight is 375 g/mol. The number of methoxy groups -OCH3 is 1. The van der Waals surface area contributed by atoms with E-state index in [9.17, 15) is 5.26 Å². The number of aromatic nitrogens is 2. The summed E-state index contributed by atoms with van der Waals surface area (Å²) in [5.41, 5.74) is 2.07. The monoisotopic (exact) mass is 375 g/mol. The van der Waals surface area contributed by atoms with Gasteiger partial charge < -0.3 is 20.1 Å². The summed E-state index contributed by atoms with van der Waals surface area (Å²) in [5.74, 6) is 2.67. The lowest BCUT2D eigenvalue weighted by atomic mass is 10.2. The third-order valence-corrected chi connectivity index (χ3v) is 3.88. The molecule has 0 aliphatic rings. The van der Waals surface area contributed by atoms with Crippen molar-refractivity contribution in [3.63, 3.8) is 0 Å². The molecule has 1 heterocycles. The predicted molar refractivity (Wildman–Crippen MR) is 108 cm³/mol. The molecule has 3 rings (SSSR count). The largest absolute Gasteiger partial charge is 0.497 e. The summed E-state index contributed by atoms with van der Waals surface area (Å²) < 4.78 is 10.8. The van der Waals surface area contributed by atoms with E-state index in [0.29, 0.717) is 36.2 Å². The Morgan fingerprint density at radius 1 is 1.04 bits per heavy atom. The summed E-state index contributed by atoms with van der Waals surface area (Å²) >= 11 is 0. The third-order valence-electron chi connectivity index (χ3n) is 3.88. The van der Waals surface area contributed by atoms with Gasteiger partial charge in [0.05, 0.1) is 24.9 Å². The molecule has 0 atom stereocenters. The standard InChI is InChI=1S/C21H21N5O2/c1-15-13-20(25-19-6-4-3-5-16(19)14-22)26-21(24-15)23-11-12-28-18-9-7-17(27-2)8-10-18/h3-10,13H,11-12H2,1-2H3,(H2,23,24,25,26). The van der Waals surface area contributed by atoms with Gasteiger partial charge in [0.25, 0.3) is 0 Å². The Morgan fingerprint density at radius 3 is 2.54 bits per heavy atom. The van der Waals surface area contributed by atoms with Gasteiger partial charge >= 0.3 is 0 Å². The molecule has 2 N–H and O–H groups in total. The van der Waals surface area contributed by atoms with Crippen LogP contribution in [-0.2, 0) is 0 Å². The molecule has 0 aliphatic carbocycles. The minimum Gasteiger partial charge on any atom is -0.497 e. The first-order valence-electron chi connectivity index (χ1n) is 8.80. The fourth-order valence-electron chi connectivity index (χ4n) is 2.54. The summed E-state index contributed by atoms with van der Waals surface area (Å²) in [6, 6.07) is 18.7. The van der Waals surface area contributed by atoms with Crippen LogP contribution in [0.5, 0.6) is 11.5 Å². The lowest BCUT2D eigenvalue weighted by Crippen LogP contribution is -2.14. The van der Waals surface area contributed by atoms with Crippen molar-refractivity contribution in [1.29, 1.82) is 5.26 Å². The van der Waals surface area contributed by atoms with Crippen LogP contribution >= 0.6 is 0 Å². The van der Waals surface area contributed by atoms with Crippen LogP contribution in [0.3, 0.4) is 0 Å². The summed E-state index contributed by atoms with van der Waals surface area (Å²) in [4.78, 5) is 8.84. The SMILES string of the molecule is COc1ccc(OCCNc2nc(C)cc(Nc3ccccc3C#N)n2)cc1. The fourth-order valence-corrected chi connectivity index (χ4v) is 2.54. The quantitative estimate of drug-likeness (QED) is 0.577. The Hall–Kier alpha value is -3.79. The van der Waals surface area contributed by atoms with Gasteiger partial charge in [-0.05, 0) is 43.3 Å². The molecule has 0 bridgehead atoms. The second-order valence-corrected chi connectivity index (χ2v) is 5.95. The van der Waals surface area contributed by atoms with Gasteiger partial charge in [0.15, 0.2) is 0 Å². The Balaban J connectivity index is 1.58. The first-order valence-corrected chi connectivity index (χ1v) is 8.80. The second kappa shape index (κ2) is 9.24. The molecular weight excluding hydrogens is 354 g/mol. The molecule has 0 saturated heterocycles. The number of benzene rings is 2. The number of ether oxygens (including phenoxy) is 2. The van der Waals surface area contributed by atoms with E-state index in [1.807, 2.05) is 55.5 Å². The van der Waals surface area contributed by atoms with Crippen LogP contribution < -0.4 is 20.1 Å². The van der Waals surface area contributed by atoms with E-state index >= 15 is 0 Å². The maximum Gasteiger partial charge on any atom is 0.224 e. The van der Waals surface area contributed by atoms with Crippen molar-refractivity contribution in [3.05, 3.63) is 65.9 Å². The highest BCUT2D eigenvalue weighted by molar-refractivity contribution is 5.65. The molecule has 0 saturated carbocycles. The van der Waals surface area contributed by atoms with E-state index in [1.54, 1.807) is 13.2 Å². The molecular formula is C21H21N5O2. The van der Waals surface area contributed by atoms with Gasteiger partial charge in [-0.2, -0.15) is 10.2 Å². The van der Waals surface area contributed by atoms with Crippen LogP contribution in [0, 0.1) is 18.3 Å². The summed E-state index contributed by atoms with van der Waals surface area (Å²) in [7, 11) is 1.63. The van der Waals surface area contributed by atoms with Gasteiger partial charge in [-0.3, -0.25) is 0 Å². The van der Waals surface area contributed by atoms with Crippen LogP contribution in [-0.4, -0.2) is 30.2 Å². The zero-order valence-electron chi connectivity index (χ0n) is 15.8. The number of rotatable bonds is 8. The molecule has 3 aromatic rings. The Bertz CT molecular complexity index is 967. The third kappa shape index (κ3) is 5.11. The van der Waals surface area contributed by atoms with Crippen molar-refractivity contribution in [2.24, 2.45) is 0 Å². The van der Waals surface area contributed by atoms with E-state index in [1.165, 1.54) is 0 Å². The molecule has 7 nitrogen and oxygen atoms in total. The van der Waals surface area contributed by atoms with Gasteiger partial charge in [0.2, 0.25) is 5.95 Å². The molecule has 7 heteroatoms. The summed E-state index contributed by atoms with van der Waals surface area (Å²) in [6.07, 6.45) is 0. The van der Waals surface area contributed by atoms with Crippen molar-refractivity contribution < 1.29 is 9.47 Å². The molecule has 0 amide bonds. The van der Waals surface area contributed by atoms with Gasteiger partial charge in [-0.1, -0.05) is 12.1 Å². The summed E-state index contributed by atoms with van der Waals surface area (Å²) in [6.45, 7) is 2.90. The minimum atomic E-state index is 0.462. The number of nitrogens with one attached hydrogen (secondary N) is 2. The molecule has 0 aliphatic heterocycles. The van der Waals surface area contributed by atoms with E-state index < -0.39 is 0 Å². The molecule has 28 heavy (non-hydrogen) atoms. The van der Waals surface area contributed by atoms with Gasteiger partial charge in [-0.15, -0.1) is 0 Å². The van der Waals surface area contributed by atoms with Crippen LogP contribution in [0.2, 0.25) is 0 Å². The lowest BCUT2D eigenvalue weighted by Gasteiger charge is -2.11. The van der Waals surface area contributed by atoms with E-state index in [0.717, 1.165) is 17.2 Å². The lowest BCUT2D eigenvalue weighted by molar-refractivity contribution is 0.331. The van der Waals surface area contributed by atoms with Crippen molar-refractivity contribution in [2.75, 3.05) is 30.9 Å². The van der Waals surface area contributed by atoms with Crippen molar-refractivity contribution in [1.82, 2.24) is 9.97 Å². The number of nitrogens with zero attached hydrogens (tertiary/aromatic N) is 3. The van der Waals surface area contributed by atoms with E-state index in [-0.39, 0.29) is 0 Å². The Kier molecular flexibility index (Phi) is 6.26. The number of nitriles is 1. The highest BCUT2D eigenvalue weighted by Gasteiger charge is 2.06. The van der Waals surface area contributed by atoms with Gasteiger partial charge in [0.1, 0.15) is 30.0 Å². The predicted octanol–water partition coefficient (Wildman–Crippen LogP) is 3.90. The zero-order chi connectivity index (χ0) is 19.8. The van der Waals surface area contributed by atoms with Crippen LogP contribution in [0.4, 0.5) is 17.5 Å². The van der Waals surface area contributed by atoms with Gasteiger partial charge in [-0.25, -0.2) is 4.98 Å². The van der Waals surface area contributed by atoms with Crippen molar-refractivity contribution in [2.45, 2.75) is 6.92 Å². The van der Waals surface area contributed by atoms with Gasteiger partial charge in [0, 0.05) is 11.8 Å². The first kappa shape index (κ1) is 19.0. The molecule has 1 aromatic heterocycles. The van der Waals surface area contributed by atoms with Crippen LogP contribution in [0.15, 0.2) is 54.6 Å². The molecule has 0 radical (unpaired) electrons. The second-order valence-electron chi connectivity index (χ2n) is 5.95. The number of anilines is 3. The Morgan fingerprint density at radius 2 is 1.79 bits per heavy atom. The average Bonchev–Trinajstić information content (AvgIpc) is 2.72. The summed E-state index contributed by atoms with van der Waals surface area (Å²) in [5, 5.41) is 15.5. The van der Waals surface area contributed by atoms with E-state index in [4.69, 9.17) is 9.47 Å². The van der Waals surface area contributed by atoms with Crippen LogP contribution in [0.25, 0.3) is 0 Å². The highest BCUT2D eigenvalue weighted by Crippen LogP contribution is 2.20. The molecule has 0 fully saturated rings. The topological polar surface area (TPSA) is 92.1 Å². The number of hydrogen-bond donors (Lipinski definition) is 2. The number of para-hydroxylation sites is 1. The number of hydrogen-bond acceptors (Lipinski definition) is 7. The highest BCUT2D eigenvalue weighted by atomic mass is 16.5. The first-order chi connectivity index (χ1) is 13.7. The zero-order valence-corrected chi connectivity index (χ0v) is 15.8. The number of aryl methyl sites for hydroxylation is 1. The van der Waals surface area contributed by atoms with Crippen LogP contribution in [0.1, 0.15) is 11.3 Å². The van der Waals surface area contributed by atoms with Crippen molar-refractivity contribution >= 4 is 17.5 Å². The molecule has 2 aromatic carbocycles.